The summed E-state index contributed by atoms with van der Waals surface area (Å²) in [5.41, 5.74) is 0.350. The van der Waals surface area contributed by atoms with Crippen molar-refractivity contribution < 1.29 is 4.79 Å². The van der Waals surface area contributed by atoms with Gasteiger partial charge in [0, 0.05) is 13.6 Å². The zero-order valence-electron chi connectivity index (χ0n) is 8.48. The third-order valence-electron chi connectivity index (χ3n) is 2.42. The summed E-state index contributed by atoms with van der Waals surface area (Å²) in [6, 6.07) is 0. The van der Waals surface area contributed by atoms with E-state index in [0.717, 1.165) is 6.54 Å². The number of hydrogen-bond acceptors (Lipinski definition) is 3. The first kappa shape index (κ1) is 10.4. The van der Waals surface area contributed by atoms with Gasteiger partial charge in [-0.05, 0) is 18.8 Å². The van der Waals surface area contributed by atoms with E-state index in [1.807, 2.05) is 0 Å². The van der Waals surface area contributed by atoms with Crippen LogP contribution in [0, 0.1) is 5.92 Å². The van der Waals surface area contributed by atoms with Crippen LogP contribution in [0.4, 0.5) is 0 Å². The number of halogens is 1. The van der Waals surface area contributed by atoms with Gasteiger partial charge in [-0.3, -0.25) is 4.79 Å². The molecule has 0 N–H and O–H groups in total. The lowest BCUT2D eigenvalue weighted by atomic mass is 10.3. The molecular formula is C10H12ClN3O. The topological polar surface area (TPSA) is 46.1 Å². The molecule has 0 aliphatic heterocycles. The zero-order chi connectivity index (χ0) is 10.8. The average molecular weight is 226 g/mol. The number of aromatic nitrogens is 2. The van der Waals surface area contributed by atoms with E-state index >= 15 is 0 Å². The molecule has 0 radical (unpaired) electrons. The summed E-state index contributed by atoms with van der Waals surface area (Å²) in [6.07, 6.45) is 5.25. The largest absolute Gasteiger partial charge is 0.340 e. The smallest absolute Gasteiger partial charge is 0.273 e. The minimum Gasteiger partial charge on any atom is -0.340 e. The molecule has 0 unspecified atom stereocenters. The summed E-state index contributed by atoms with van der Waals surface area (Å²) < 4.78 is 0. The molecule has 0 saturated heterocycles. The molecule has 0 atom stereocenters. The molecule has 0 aromatic carbocycles. The first-order valence-corrected chi connectivity index (χ1v) is 5.27. The van der Waals surface area contributed by atoms with Crippen molar-refractivity contribution in [2.24, 2.45) is 5.92 Å². The van der Waals surface area contributed by atoms with Gasteiger partial charge in [-0.1, -0.05) is 11.6 Å². The molecule has 5 heteroatoms. The summed E-state index contributed by atoms with van der Waals surface area (Å²) in [7, 11) is 1.79. The molecule has 1 amide bonds. The molecule has 0 bridgehead atoms. The van der Waals surface area contributed by atoms with Crippen LogP contribution in [-0.4, -0.2) is 34.4 Å². The van der Waals surface area contributed by atoms with Crippen LogP contribution < -0.4 is 0 Å². The number of rotatable bonds is 3. The Balaban J connectivity index is 2.02. The standard InChI is InChI=1S/C10H12ClN3O/c1-14(6-7-2-3-7)10(15)8-4-13-9(11)5-12-8/h4-5,7H,2-3,6H2,1H3. The van der Waals surface area contributed by atoms with Crippen molar-refractivity contribution in [3.8, 4) is 0 Å². The maximum Gasteiger partial charge on any atom is 0.273 e. The Hall–Kier alpha value is -1.16. The highest BCUT2D eigenvalue weighted by atomic mass is 35.5. The summed E-state index contributed by atoms with van der Waals surface area (Å²) in [5.74, 6) is 0.588. The van der Waals surface area contributed by atoms with Gasteiger partial charge in [0.25, 0.3) is 5.91 Å². The van der Waals surface area contributed by atoms with E-state index in [1.165, 1.54) is 25.2 Å². The van der Waals surface area contributed by atoms with E-state index in [9.17, 15) is 4.79 Å². The van der Waals surface area contributed by atoms with Gasteiger partial charge in [-0.15, -0.1) is 0 Å². The minimum atomic E-state index is -0.0916. The second kappa shape index (κ2) is 4.14. The van der Waals surface area contributed by atoms with Crippen LogP contribution in [-0.2, 0) is 0 Å². The number of carbonyl (C=O) groups excluding carboxylic acids is 1. The Labute approximate surface area is 93.3 Å². The van der Waals surface area contributed by atoms with E-state index in [0.29, 0.717) is 16.8 Å². The normalized spacial score (nSPS) is 15.1. The SMILES string of the molecule is CN(CC1CC1)C(=O)c1cnc(Cl)cn1. The average Bonchev–Trinajstić information content (AvgIpc) is 3.02. The predicted octanol–water partition coefficient (Wildman–Crippen LogP) is 1.61. The lowest BCUT2D eigenvalue weighted by Gasteiger charge is -2.15. The van der Waals surface area contributed by atoms with Crippen LogP contribution in [0.2, 0.25) is 5.15 Å². The van der Waals surface area contributed by atoms with Gasteiger partial charge in [0.2, 0.25) is 0 Å². The third-order valence-corrected chi connectivity index (χ3v) is 2.61. The molecule has 1 aromatic heterocycles. The second-order valence-corrected chi connectivity index (χ2v) is 4.24. The van der Waals surface area contributed by atoms with E-state index in [2.05, 4.69) is 9.97 Å². The number of hydrogen-bond donors (Lipinski definition) is 0. The molecule has 1 saturated carbocycles. The molecular weight excluding hydrogens is 214 g/mol. The number of carbonyl (C=O) groups is 1. The maximum atomic E-state index is 11.8. The molecule has 80 valence electrons. The Morgan fingerprint density at radius 1 is 1.53 bits per heavy atom. The predicted molar refractivity (Wildman–Crippen MR) is 56.7 cm³/mol. The zero-order valence-corrected chi connectivity index (χ0v) is 9.24. The molecule has 1 heterocycles. The molecule has 4 nitrogen and oxygen atoms in total. The molecule has 1 aliphatic rings. The maximum absolute atomic E-state index is 11.8. The Kier molecular flexibility index (Phi) is 2.86. The first-order chi connectivity index (χ1) is 7.16. The summed E-state index contributed by atoms with van der Waals surface area (Å²) >= 11 is 5.59. The second-order valence-electron chi connectivity index (χ2n) is 3.85. The molecule has 15 heavy (non-hydrogen) atoms. The summed E-state index contributed by atoms with van der Waals surface area (Å²) in [6.45, 7) is 0.809. The quantitative estimate of drug-likeness (QED) is 0.785. The van der Waals surface area contributed by atoms with Gasteiger partial charge in [-0.25, -0.2) is 9.97 Å². The Bertz CT molecular complexity index is 361. The highest BCUT2D eigenvalue weighted by Crippen LogP contribution is 2.29. The fourth-order valence-corrected chi connectivity index (χ4v) is 1.49. The van der Waals surface area contributed by atoms with Gasteiger partial charge in [0.05, 0.1) is 12.4 Å². The minimum absolute atomic E-state index is 0.0916. The van der Waals surface area contributed by atoms with E-state index in [1.54, 1.807) is 11.9 Å². The number of amides is 1. The van der Waals surface area contributed by atoms with Crippen molar-refractivity contribution in [2.45, 2.75) is 12.8 Å². The van der Waals surface area contributed by atoms with Crippen LogP contribution >= 0.6 is 11.6 Å². The number of nitrogens with zero attached hydrogens (tertiary/aromatic N) is 3. The van der Waals surface area contributed by atoms with E-state index in [4.69, 9.17) is 11.6 Å². The third kappa shape index (κ3) is 2.65. The lowest BCUT2D eigenvalue weighted by Crippen LogP contribution is -2.29. The van der Waals surface area contributed by atoms with Crippen molar-refractivity contribution in [3.63, 3.8) is 0 Å². The van der Waals surface area contributed by atoms with Crippen LogP contribution in [0.1, 0.15) is 23.3 Å². The van der Waals surface area contributed by atoms with Gasteiger partial charge in [0.1, 0.15) is 10.8 Å². The van der Waals surface area contributed by atoms with Crippen molar-refractivity contribution >= 4 is 17.5 Å². The lowest BCUT2D eigenvalue weighted by molar-refractivity contribution is 0.0782. The van der Waals surface area contributed by atoms with Crippen LogP contribution in [0.3, 0.4) is 0 Å². The Morgan fingerprint density at radius 3 is 2.80 bits per heavy atom. The van der Waals surface area contributed by atoms with Gasteiger partial charge in [-0.2, -0.15) is 0 Å². The van der Waals surface area contributed by atoms with Gasteiger partial charge in [0.15, 0.2) is 0 Å². The summed E-state index contributed by atoms with van der Waals surface area (Å²) in [5, 5.41) is 0.302. The fourth-order valence-electron chi connectivity index (χ4n) is 1.39. The van der Waals surface area contributed by atoms with E-state index < -0.39 is 0 Å². The molecule has 1 fully saturated rings. The first-order valence-electron chi connectivity index (χ1n) is 4.90. The fraction of sp³-hybridized carbons (Fsp3) is 0.500. The monoisotopic (exact) mass is 225 g/mol. The van der Waals surface area contributed by atoms with Crippen molar-refractivity contribution in [2.75, 3.05) is 13.6 Å². The Morgan fingerprint density at radius 2 is 2.27 bits per heavy atom. The molecule has 1 aromatic rings. The molecule has 1 aliphatic carbocycles. The van der Waals surface area contributed by atoms with Crippen LogP contribution in [0.15, 0.2) is 12.4 Å². The van der Waals surface area contributed by atoms with Gasteiger partial charge >= 0.3 is 0 Å². The van der Waals surface area contributed by atoms with Gasteiger partial charge < -0.3 is 4.90 Å². The molecule has 0 spiro atoms. The van der Waals surface area contributed by atoms with Crippen molar-refractivity contribution in [1.82, 2.24) is 14.9 Å². The highest BCUT2D eigenvalue weighted by molar-refractivity contribution is 6.29. The van der Waals surface area contributed by atoms with Crippen LogP contribution in [0.5, 0.6) is 0 Å². The van der Waals surface area contributed by atoms with Crippen LogP contribution in [0.25, 0.3) is 0 Å². The summed E-state index contributed by atoms with van der Waals surface area (Å²) in [4.78, 5) is 21.3. The molecule has 2 rings (SSSR count). The van der Waals surface area contributed by atoms with E-state index in [-0.39, 0.29) is 5.91 Å². The van der Waals surface area contributed by atoms with Crippen molar-refractivity contribution in [1.29, 1.82) is 0 Å². The highest BCUT2D eigenvalue weighted by Gasteiger charge is 2.25. The van der Waals surface area contributed by atoms with Crippen molar-refractivity contribution in [3.05, 3.63) is 23.2 Å².